The molecule has 0 aliphatic rings. The minimum Gasteiger partial charge on any atom is -0.327 e. The van der Waals surface area contributed by atoms with E-state index in [1.807, 2.05) is 0 Å². The first-order valence-electron chi connectivity index (χ1n) is 4.45. The maximum absolute atomic E-state index is 5.71. The Balaban J connectivity index is 2.70. The number of nitrogens with zero attached hydrogens (tertiary/aromatic N) is 1. The number of rotatable bonds is 3. The SMILES string of the molecule is C[N+](C)(C)Cc1ccc(CCl)cc1. The Bertz CT molecular complexity index is 258. The molecule has 1 aromatic carbocycles. The molecule has 0 amide bonds. The topological polar surface area (TPSA) is 0 Å². The normalized spacial score (nSPS) is 11.7. The lowest BCUT2D eigenvalue weighted by molar-refractivity contribution is -0.884. The van der Waals surface area contributed by atoms with Crippen LogP contribution in [0.25, 0.3) is 0 Å². The molecule has 1 nitrogen and oxygen atoms in total. The van der Waals surface area contributed by atoms with Gasteiger partial charge in [0.05, 0.1) is 21.1 Å². The van der Waals surface area contributed by atoms with E-state index in [-0.39, 0.29) is 0 Å². The third-order valence-corrected chi connectivity index (χ3v) is 2.14. The van der Waals surface area contributed by atoms with Crippen molar-refractivity contribution >= 4 is 11.6 Å². The highest BCUT2D eigenvalue weighted by molar-refractivity contribution is 6.17. The summed E-state index contributed by atoms with van der Waals surface area (Å²) in [7, 11) is 6.57. The minimum atomic E-state index is 0.602. The van der Waals surface area contributed by atoms with Gasteiger partial charge in [0.25, 0.3) is 0 Å². The fourth-order valence-corrected chi connectivity index (χ4v) is 1.46. The lowest BCUT2D eigenvalue weighted by Gasteiger charge is -2.23. The molecule has 0 spiro atoms. The van der Waals surface area contributed by atoms with Crippen molar-refractivity contribution in [3.8, 4) is 0 Å². The third kappa shape index (κ3) is 3.79. The fourth-order valence-electron chi connectivity index (χ4n) is 1.28. The zero-order valence-electron chi connectivity index (χ0n) is 8.55. The summed E-state index contributed by atoms with van der Waals surface area (Å²) in [5, 5.41) is 0. The van der Waals surface area contributed by atoms with Crippen LogP contribution in [0, 0.1) is 0 Å². The van der Waals surface area contributed by atoms with E-state index in [0.29, 0.717) is 5.88 Å². The summed E-state index contributed by atoms with van der Waals surface area (Å²) in [6, 6.07) is 8.50. The second-order valence-corrected chi connectivity index (χ2v) is 4.67. The molecule has 0 fully saturated rings. The van der Waals surface area contributed by atoms with Crippen LogP contribution in [-0.2, 0) is 12.4 Å². The Kier molecular flexibility index (Phi) is 3.34. The number of quaternary nitrogens is 1. The third-order valence-electron chi connectivity index (χ3n) is 1.83. The quantitative estimate of drug-likeness (QED) is 0.518. The molecular formula is C11H17ClN+. The molecule has 1 aromatic rings. The van der Waals surface area contributed by atoms with E-state index in [4.69, 9.17) is 11.6 Å². The standard InChI is InChI=1S/C11H17ClN/c1-13(2,3)9-11-6-4-10(8-12)5-7-11/h4-7H,8-9H2,1-3H3/q+1. The summed E-state index contributed by atoms with van der Waals surface area (Å²) in [6.07, 6.45) is 0. The maximum Gasteiger partial charge on any atom is 0.104 e. The van der Waals surface area contributed by atoms with Gasteiger partial charge in [0.15, 0.2) is 0 Å². The lowest BCUT2D eigenvalue weighted by atomic mass is 10.1. The van der Waals surface area contributed by atoms with Gasteiger partial charge < -0.3 is 4.48 Å². The van der Waals surface area contributed by atoms with Crippen molar-refractivity contribution in [1.82, 2.24) is 0 Å². The molecule has 0 saturated heterocycles. The van der Waals surface area contributed by atoms with Crippen LogP contribution in [0.2, 0.25) is 0 Å². The molecule has 0 atom stereocenters. The van der Waals surface area contributed by atoms with Gasteiger partial charge in [-0.25, -0.2) is 0 Å². The molecule has 0 saturated carbocycles. The summed E-state index contributed by atoms with van der Waals surface area (Å²) in [4.78, 5) is 0. The molecule has 0 radical (unpaired) electrons. The Morgan fingerprint density at radius 3 is 1.85 bits per heavy atom. The summed E-state index contributed by atoms with van der Waals surface area (Å²) in [6.45, 7) is 1.06. The molecule has 0 aromatic heterocycles. The molecule has 2 heteroatoms. The Hall–Kier alpha value is -0.530. The molecular weight excluding hydrogens is 182 g/mol. The summed E-state index contributed by atoms with van der Waals surface area (Å²) >= 11 is 5.71. The largest absolute Gasteiger partial charge is 0.327 e. The minimum absolute atomic E-state index is 0.602. The zero-order chi connectivity index (χ0) is 9.90. The monoisotopic (exact) mass is 198 g/mol. The Labute approximate surface area is 85.5 Å². The maximum atomic E-state index is 5.71. The molecule has 0 unspecified atom stereocenters. The van der Waals surface area contributed by atoms with E-state index < -0.39 is 0 Å². The summed E-state index contributed by atoms with van der Waals surface area (Å²) in [5.74, 6) is 0.602. The Morgan fingerprint density at radius 1 is 1.00 bits per heavy atom. The van der Waals surface area contributed by atoms with Crippen molar-refractivity contribution in [2.45, 2.75) is 12.4 Å². The zero-order valence-corrected chi connectivity index (χ0v) is 9.30. The first-order chi connectivity index (χ1) is 6.01. The van der Waals surface area contributed by atoms with E-state index >= 15 is 0 Å². The first-order valence-corrected chi connectivity index (χ1v) is 4.99. The van der Waals surface area contributed by atoms with Crippen molar-refractivity contribution in [1.29, 1.82) is 0 Å². The van der Waals surface area contributed by atoms with Gasteiger partial charge in [-0.3, -0.25) is 0 Å². The highest BCUT2D eigenvalue weighted by atomic mass is 35.5. The number of alkyl halides is 1. The molecule has 0 aliphatic carbocycles. The average Bonchev–Trinajstić information content (AvgIpc) is 2.03. The summed E-state index contributed by atoms with van der Waals surface area (Å²) in [5.41, 5.74) is 2.55. The van der Waals surface area contributed by atoms with Crippen LogP contribution < -0.4 is 0 Å². The number of hydrogen-bond donors (Lipinski definition) is 0. The number of benzene rings is 1. The van der Waals surface area contributed by atoms with Crippen molar-refractivity contribution in [3.63, 3.8) is 0 Å². The second-order valence-electron chi connectivity index (χ2n) is 4.40. The van der Waals surface area contributed by atoms with Gasteiger partial charge in [-0.15, -0.1) is 11.6 Å². The van der Waals surface area contributed by atoms with Crippen LogP contribution in [0.1, 0.15) is 11.1 Å². The van der Waals surface area contributed by atoms with Gasteiger partial charge >= 0.3 is 0 Å². The van der Waals surface area contributed by atoms with Crippen LogP contribution in [0.15, 0.2) is 24.3 Å². The number of halogens is 1. The number of hydrogen-bond acceptors (Lipinski definition) is 0. The van der Waals surface area contributed by atoms with E-state index in [1.54, 1.807) is 0 Å². The van der Waals surface area contributed by atoms with Crippen LogP contribution in [0.5, 0.6) is 0 Å². The average molecular weight is 199 g/mol. The molecule has 0 N–H and O–H groups in total. The van der Waals surface area contributed by atoms with Crippen molar-refractivity contribution in [3.05, 3.63) is 35.4 Å². The Morgan fingerprint density at radius 2 is 1.46 bits per heavy atom. The van der Waals surface area contributed by atoms with E-state index in [1.165, 1.54) is 11.1 Å². The lowest BCUT2D eigenvalue weighted by Crippen LogP contribution is -2.33. The predicted molar refractivity (Wildman–Crippen MR) is 57.7 cm³/mol. The predicted octanol–water partition coefficient (Wildman–Crippen LogP) is 2.63. The van der Waals surface area contributed by atoms with Gasteiger partial charge in [0.2, 0.25) is 0 Å². The van der Waals surface area contributed by atoms with Gasteiger partial charge in [-0.05, 0) is 5.56 Å². The van der Waals surface area contributed by atoms with E-state index in [9.17, 15) is 0 Å². The van der Waals surface area contributed by atoms with Crippen molar-refractivity contribution < 1.29 is 4.48 Å². The molecule has 0 bridgehead atoms. The van der Waals surface area contributed by atoms with Crippen molar-refractivity contribution in [2.24, 2.45) is 0 Å². The van der Waals surface area contributed by atoms with Crippen molar-refractivity contribution in [2.75, 3.05) is 21.1 Å². The van der Waals surface area contributed by atoms with Crippen LogP contribution >= 0.6 is 11.6 Å². The van der Waals surface area contributed by atoms with Gasteiger partial charge in [-0.1, -0.05) is 24.3 Å². The van der Waals surface area contributed by atoms with Gasteiger partial charge in [0.1, 0.15) is 6.54 Å². The molecule has 0 heterocycles. The summed E-state index contributed by atoms with van der Waals surface area (Å²) < 4.78 is 0.959. The van der Waals surface area contributed by atoms with E-state index in [2.05, 4.69) is 45.4 Å². The van der Waals surface area contributed by atoms with Crippen LogP contribution in [0.4, 0.5) is 0 Å². The smallest absolute Gasteiger partial charge is 0.104 e. The molecule has 0 aliphatic heterocycles. The highest BCUT2D eigenvalue weighted by Crippen LogP contribution is 2.10. The first kappa shape index (κ1) is 10.6. The van der Waals surface area contributed by atoms with Crippen LogP contribution in [0.3, 0.4) is 0 Å². The van der Waals surface area contributed by atoms with E-state index in [0.717, 1.165) is 11.0 Å². The molecule has 13 heavy (non-hydrogen) atoms. The van der Waals surface area contributed by atoms with Crippen LogP contribution in [-0.4, -0.2) is 25.6 Å². The van der Waals surface area contributed by atoms with Gasteiger partial charge in [0, 0.05) is 11.4 Å². The highest BCUT2D eigenvalue weighted by Gasteiger charge is 2.07. The second kappa shape index (κ2) is 4.12. The van der Waals surface area contributed by atoms with Gasteiger partial charge in [-0.2, -0.15) is 0 Å². The molecule has 72 valence electrons. The molecule has 1 rings (SSSR count). The fraction of sp³-hybridized carbons (Fsp3) is 0.455.